The van der Waals surface area contributed by atoms with Crippen LogP contribution in [-0.4, -0.2) is 11.5 Å². The van der Waals surface area contributed by atoms with Crippen LogP contribution in [0.1, 0.15) is 18.9 Å². The predicted molar refractivity (Wildman–Crippen MR) is 73.5 cm³/mol. The molecule has 2 rings (SSSR count). The minimum Gasteiger partial charge on any atom is -0.385 e. The molecule has 0 bridgehead atoms. The Hall–Kier alpha value is -2.04. The van der Waals surface area contributed by atoms with Crippen molar-refractivity contribution in [2.75, 3.05) is 11.9 Å². The first-order valence-corrected chi connectivity index (χ1v) is 6.38. The van der Waals surface area contributed by atoms with Crippen LogP contribution in [0.3, 0.4) is 0 Å². The minimum atomic E-state index is -4.34. The Balaban J connectivity index is 2.32. The molecule has 1 heterocycles. The largest absolute Gasteiger partial charge is 0.416 e. The van der Waals surface area contributed by atoms with Gasteiger partial charge in [0.25, 0.3) is 0 Å². The number of hydrogen-bond donors (Lipinski definition) is 1. The molecule has 0 amide bonds. The Kier molecular flexibility index (Phi) is 4.27. The van der Waals surface area contributed by atoms with Crippen LogP contribution in [0.5, 0.6) is 0 Å². The summed E-state index contributed by atoms with van der Waals surface area (Å²) in [7, 11) is 0. The van der Waals surface area contributed by atoms with Crippen molar-refractivity contribution in [3.05, 3.63) is 48.2 Å². The second kappa shape index (κ2) is 5.94. The maximum Gasteiger partial charge on any atom is 0.416 e. The van der Waals surface area contributed by atoms with Crippen molar-refractivity contribution in [1.82, 2.24) is 4.98 Å². The summed E-state index contributed by atoms with van der Waals surface area (Å²) in [5, 5.41) is 3.19. The molecule has 0 unspecified atom stereocenters. The van der Waals surface area contributed by atoms with Gasteiger partial charge in [-0.2, -0.15) is 13.2 Å². The molecule has 0 atom stereocenters. The molecule has 1 N–H and O–H groups in total. The number of alkyl halides is 3. The maximum absolute atomic E-state index is 12.7. The summed E-state index contributed by atoms with van der Waals surface area (Å²) in [6, 6.07) is 8.75. The molecule has 106 valence electrons. The maximum atomic E-state index is 12.7. The first-order valence-electron chi connectivity index (χ1n) is 6.38. The summed E-state index contributed by atoms with van der Waals surface area (Å²) in [6.45, 7) is 2.86. The van der Waals surface area contributed by atoms with Crippen LogP contribution in [0.2, 0.25) is 0 Å². The standard InChI is InChI=1S/C15H15F3N2/c1-2-7-19-13-6-8-20-14(10-13)11-4-3-5-12(9-11)15(16,17)18/h3-6,8-10H,2,7H2,1H3,(H,19,20). The van der Waals surface area contributed by atoms with Crippen molar-refractivity contribution in [3.8, 4) is 11.3 Å². The summed E-state index contributed by atoms with van der Waals surface area (Å²) in [5.74, 6) is 0. The van der Waals surface area contributed by atoms with Gasteiger partial charge in [-0.1, -0.05) is 19.1 Å². The molecule has 2 aromatic rings. The van der Waals surface area contributed by atoms with Crippen LogP contribution in [-0.2, 0) is 6.18 Å². The topological polar surface area (TPSA) is 24.9 Å². The monoisotopic (exact) mass is 280 g/mol. The molecule has 20 heavy (non-hydrogen) atoms. The van der Waals surface area contributed by atoms with Gasteiger partial charge in [0.2, 0.25) is 0 Å². The highest BCUT2D eigenvalue weighted by atomic mass is 19.4. The quantitative estimate of drug-likeness (QED) is 0.886. The summed E-state index contributed by atoms with van der Waals surface area (Å²) >= 11 is 0. The molecule has 1 aromatic heterocycles. The lowest BCUT2D eigenvalue weighted by molar-refractivity contribution is -0.137. The molecule has 0 spiro atoms. The molecule has 0 aliphatic carbocycles. The molecule has 5 heteroatoms. The van der Waals surface area contributed by atoms with Crippen LogP contribution >= 0.6 is 0 Å². The fourth-order valence-corrected chi connectivity index (χ4v) is 1.82. The average molecular weight is 280 g/mol. The number of aromatic nitrogens is 1. The molecular formula is C15H15F3N2. The predicted octanol–water partition coefficient (Wildman–Crippen LogP) is 4.59. The van der Waals surface area contributed by atoms with Gasteiger partial charge in [-0.25, -0.2) is 0 Å². The molecule has 0 aliphatic rings. The van der Waals surface area contributed by atoms with E-state index >= 15 is 0 Å². The smallest absolute Gasteiger partial charge is 0.385 e. The van der Waals surface area contributed by atoms with Gasteiger partial charge in [-0.3, -0.25) is 4.98 Å². The van der Waals surface area contributed by atoms with Gasteiger partial charge in [0, 0.05) is 24.0 Å². The molecule has 0 fully saturated rings. The summed E-state index contributed by atoms with van der Waals surface area (Å²) in [6.07, 6.45) is -1.77. The number of benzene rings is 1. The molecule has 0 radical (unpaired) electrons. The van der Waals surface area contributed by atoms with E-state index in [0.29, 0.717) is 11.3 Å². The zero-order valence-corrected chi connectivity index (χ0v) is 11.0. The van der Waals surface area contributed by atoms with Crippen LogP contribution < -0.4 is 5.32 Å². The van der Waals surface area contributed by atoms with E-state index in [0.717, 1.165) is 30.8 Å². The summed E-state index contributed by atoms with van der Waals surface area (Å²) in [4.78, 5) is 4.13. The van der Waals surface area contributed by atoms with E-state index in [9.17, 15) is 13.2 Å². The van der Waals surface area contributed by atoms with Crippen molar-refractivity contribution >= 4 is 5.69 Å². The average Bonchev–Trinajstić information content (AvgIpc) is 2.45. The third kappa shape index (κ3) is 3.50. The van der Waals surface area contributed by atoms with Crippen LogP contribution in [0, 0.1) is 0 Å². The summed E-state index contributed by atoms with van der Waals surface area (Å²) < 4.78 is 38.1. The van der Waals surface area contributed by atoms with E-state index in [1.54, 1.807) is 24.4 Å². The first kappa shape index (κ1) is 14.4. The van der Waals surface area contributed by atoms with E-state index < -0.39 is 11.7 Å². The number of nitrogens with zero attached hydrogens (tertiary/aromatic N) is 1. The van der Waals surface area contributed by atoms with E-state index in [1.807, 2.05) is 6.92 Å². The highest BCUT2D eigenvalue weighted by molar-refractivity contribution is 5.64. The van der Waals surface area contributed by atoms with Crippen molar-refractivity contribution in [2.24, 2.45) is 0 Å². The highest BCUT2D eigenvalue weighted by Crippen LogP contribution is 2.32. The van der Waals surface area contributed by atoms with E-state index in [2.05, 4.69) is 10.3 Å². The second-order valence-corrected chi connectivity index (χ2v) is 4.44. The Morgan fingerprint density at radius 2 is 1.95 bits per heavy atom. The van der Waals surface area contributed by atoms with Crippen molar-refractivity contribution < 1.29 is 13.2 Å². The number of halogens is 3. The molecular weight excluding hydrogens is 265 g/mol. The second-order valence-electron chi connectivity index (χ2n) is 4.44. The summed E-state index contributed by atoms with van der Waals surface area (Å²) in [5.41, 5.74) is 1.18. The van der Waals surface area contributed by atoms with Gasteiger partial charge in [-0.05, 0) is 30.7 Å². The highest BCUT2D eigenvalue weighted by Gasteiger charge is 2.30. The van der Waals surface area contributed by atoms with E-state index in [-0.39, 0.29) is 0 Å². The molecule has 2 nitrogen and oxygen atoms in total. The first-order chi connectivity index (χ1) is 9.50. The fraction of sp³-hybridized carbons (Fsp3) is 0.267. The Morgan fingerprint density at radius 1 is 1.15 bits per heavy atom. The number of anilines is 1. The zero-order chi connectivity index (χ0) is 14.6. The molecule has 1 aromatic carbocycles. The van der Waals surface area contributed by atoms with E-state index in [1.165, 1.54) is 6.07 Å². The van der Waals surface area contributed by atoms with E-state index in [4.69, 9.17) is 0 Å². The van der Waals surface area contributed by atoms with Gasteiger partial charge in [0.15, 0.2) is 0 Å². The fourth-order valence-electron chi connectivity index (χ4n) is 1.82. The van der Waals surface area contributed by atoms with Gasteiger partial charge in [-0.15, -0.1) is 0 Å². The minimum absolute atomic E-state index is 0.458. The zero-order valence-electron chi connectivity index (χ0n) is 11.0. The number of rotatable bonds is 4. The lowest BCUT2D eigenvalue weighted by Gasteiger charge is -2.10. The van der Waals surface area contributed by atoms with Crippen molar-refractivity contribution in [2.45, 2.75) is 19.5 Å². The van der Waals surface area contributed by atoms with Gasteiger partial charge in [0.1, 0.15) is 0 Å². The Bertz CT molecular complexity index is 579. The van der Waals surface area contributed by atoms with Crippen molar-refractivity contribution in [1.29, 1.82) is 0 Å². The van der Waals surface area contributed by atoms with Gasteiger partial charge >= 0.3 is 6.18 Å². The number of nitrogens with one attached hydrogen (secondary N) is 1. The van der Waals surface area contributed by atoms with Crippen molar-refractivity contribution in [3.63, 3.8) is 0 Å². The molecule has 0 aliphatic heterocycles. The SMILES string of the molecule is CCCNc1ccnc(-c2cccc(C(F)(F)F)c2)c1. The lowest BCUT2D eigenvalue weighted by Crippen LogP contribution is -2.04. The normalized spacial score (nSPS) is 11.4. The Morgan fingerprint density at radius 3 is 2.65 bits per heavy atom. The third-order valence-corrected chi connectivity index (χ3v) is 2.82. The van der Waals surface area contributed by atoms with Crippen LogP contribution in [0.4, 0.5) is 18.9 Å². The Labute approximate surface area is 115 Å². The van der Waals surface area contributed by atoms with Crippen LogP contribution in [0.15, 0.2) is 42.6 Å². The molecule has 0 saturated carbocycles. The number of hydrogen-bond acceptors (Lipinski definition) is 2. The molecule has 0 saturated heterocycles. The number of pyridine rings is 1. The third-order valence-electron chi connectivity index (χ3n) is 2.82. The van der Waals surface area contributed by atoms with Gasteiger partial charge in [0.05, 0.1) is 11.3 Å². The van der Waals surface area contributed by atoms with Gasteiger partial charge < -0.3 is 5.32 Å². The lowest BCUT2D eigenvalue weighted by atomic mass is 10.1. The van der Waals surface area contributed by atoms with Crippen LogP contribution in [0.25, 0.3) is 11.3 Å².